The molecule has 0 radical (unpaired) electrons. The van der Waals surface area contributed by atoms with Crippen molar-refractivity contribution in [1.82, 2.24) is 20.1 Å². The van der Waals surface area contributed by atoms with E-state index in [0.29, 0.717) is 44.5 Å². The summed E-state index contributed by atoms with van der Waals surface area (Å²) in [4.78, 5) is 21.4. The van der Waals surface area contributed by atoms with Gasteiger partial charge in [-0.3, -0.25) is 0 Å². The first kappa shape index (κ1) is 16.2. The van der Waals surface area contributed by atoms with Gasteiger partial charge in [0.15, 0.2) is 11.5 Å². The van der Waals surface area contributed by atoms with Gasteiger partial charge in [-0.05, 0) is 24.3 Å². The molecule has 0 aliphatic heterocycles. The van der Waals surface area contributed by atoms with E-state index in [1.54, 1.807) is 30.3 Å². The number of aromatic amines is 2. The number of H-pyrrole nitrogens is 2. The Kier molecular flexibility index (Phi) is 3.89. The third-order valence-electron chi connectivity index (χ3n) is 3.90. The Bertz CT molecular complexity index is 1160. The van der Waals surface area contributed by atoms with Crippen LogP contribution in [0.5, 0.6) is 11.5 Å². The normalized spacial score (nSPS) is 11.0. The summed E-state index contributed by atoms with van der Waals surface area (Å²) >= 11 is 6.23. The molecule has 0 spiro atoms. The first-order valence-corrected chi connectivity index (χ1v) is 7.95. The zero-order valence-electron chi connectivity index (χ0n) is 13.8. The molecule has 2 aromatic carbocycles. The van der Waals surface area contributed by atoms with Crippen LogP contribution in [0.25, 0.3) is 33.9 Å². The molecule has 2 aromatic heterocycles. The van der Waals surface area contributed by atoms with Crippen molar-refractivity contribution in [1.29, 1.82) is 0 Å². The van der Waals surface area contributed by atoms with Crippen molar-refractivity contribution in [2.24, 2.45) is 0 Å². The number of rotatable bonds is 4. The Labute approximate surface area is 151 Å². The zero-order chi connectivity index (χ0) is 18.3. The van der Waals surface area contributed by atoms with Crippen molar-refractivity contribution in [3.05, 3.63) is 45.8 Å². The van der Waals surface area contributed by atoms with Gasteiger partial charge in [0, 0.05) is 5.56 Å². The average molecular weight is 373 g/mol. The Balaban J connectivity index is 1.81. The molecule has 0 amide bonds. The van der Waals surface area contributed by atoms with E-state index in [0.717, 1.165) is 0 Å². The number of methoxy groups -OCH3 is 2. The number of nitrogens with one attached hydrogen (secondary N) is 2. The number of benzene rings is 2. The van der Waals surface area contributed by atoms with Crippen LogP contribution in [0.3, 0.4) is 0 Å². The maximum Gasteiger partial charge on any atom is 0.323 e. The van der Waals surface area contributed by atoms with Crippen molar-refractivity contribution in [3.8, 4) is 34.3 Å². The lowest BCUT2D eigenvalue weighted by atomic mass is 10.1. The molecule has 4 rings (SSSR count). The number of nitrogens with zero attached hydrogens (tertiary/aromatic N) is 2. The molecule has 0 bridgehead atoms. The maximum absolute atomic E-state index is 11.5. The van der Waals surface area contributed by atoms with Gasteiger partial charge in [0.2, 0.25) is 5.82 Å². The average Bonchev–Trinajstić information content (AvgIpc) is 3.26. The fraction of sp³-hybridized carbons (Fsp3) is 0.118. The van der Waals surface area contributed by atoms with Gasteiger partial charge in [0.05, 0.1) is 35.8 Å². The highest BCUT2D eigenvalue weighted by molar-refractivity contribution is 6.32. The Hall–Kier alpha value is -3.26. The van der Waals surface area contributed by atoms with Gasteiger partial charge in [0.25, 0.3) is 5.89 Å². The molecule has 8 nitrogen and oxygen atoms in total. The summed E-state index contributed by atoms with van der Waals surface area (Å²) in [6.07, 6.45) is 0. The molecule has 0 aliphatic carbocycles. The quantitative estimate of drug-likeness (QED) is 0.569. The highest BCUT2D eigenvalue weighted by Crippen LogP contribution is 2.39. The van der Waals surface area contributed by atoms with Crippen LogP contribution in [0.1, 0.15) is 0 Å². The molecule has 0 aliphatic rings. The van der Waals surface area contributed by atoms with Gasteiger partial charge in [-0.15, -0.1) is 0 Å². The summed E-state index contributed by atoms with van der Waals surface area (Å²) in [5.74, 6) is 1.49. The third kappa shape index (κ3) is 2.60. The minimum absolute atomic E-state index is 0.270. The molecule has 26 heavy (non-hydrogen) atoms. The van der Waals surface area contributed by atoms with Crippen LogP contribution in [0, 0.1) is 0 Å². The number of imidazole rings is 1. The standard InChI is InChI=1S/C17H13ClN4O4/c1-24-12-7-8(6-10(18)14(12)25-2)15-21-16(26-22-15)9-4-3-5-11-13(9)20-17(23)19-11/h3-7H,1-2H3,(H2,19,20,23). The number of halogens is 1. The van der Waals surface area contributed by atoms with Crippen LogP contribution >= 0.6 is 11.6 Å². The zero-order valence-corrected chi connectivity index (χ0v) is 14.5. The molecule has 132 valence electrons. The molecular weight excluding hydrogens is 360 g/mol. The van der Waals surface area contributed by atoms with E-state index in [4.69, 9.17) is 25.6 Å². The highest BCUT2D eigenvalue weighted by Gasteiger charge is 2.18. The number of para-hydroxylation sites is 1. The van der Waals surface area contributed by atoms with E-state index in [1.807, 2.05) is 0 Å². The van der Waals surface area contributed by atoms with Crippen LogP contribution in [0.4, 0.5) is 0 Å². The minimum Gasteiger partial charge on any atom is -0.493 e. The molecule has 0 fully saturated rings. The summed E-state index contributed by atoms with van der Waals surface area (Å²) in [7, 11) is 3.02. The summed E-state index contributed by atoms with van der Waals surface area (Å²) in [6.45, 7) is 0. The lowest BCUT2D eigenvalue weighted by Crippen LogP contribution is -1.99. The van der Waals surface area contributed by atoms with Crippen molar-refractivity contribution in [2.45, 2.75) is 0 Å². The molecule has 2 N–H and O–H groups in total. The van der Waals surface area contributed by atoms with Gasteiger partial charge in [-0.2, -0.15) is 4.98 Å². The van der Waals surface area contributed by atoms with Gasteiger partial charge in [-0.25, -0.2) is 4.79 Å². The second kappa shape index (κ2) is 6.23. The van der Waals surface area contributed by atoms with Crippen LogP contribution in [0.2, 0.25) is 5.02 Å². The number of ether oxygens (including phenoxy) is 2. The molecule has 4 aromatic rings. The van der Waals surface area contributed by atoms with E-state index in [1.165, 1.54) is 14.2 Å². The molecule has 2 heterocycles. The highest BCUT2D eigenvalue weighted by atomic mass is 35.5. The van der Waals surface area contributed by atoms with E-state index in [2.05, 4.69) is 20.1 Å². The van der Waals surface area contributed by atoms with Crippen molar-refractivity contribution < 1.29 is 14.0 Å². The Morgan fingerprint density at radius 3 is 2.77 bits per heavy atom. The Morgan fingerprint density at radius 2 is 2.00 bits per heavy atom. The number of hydrogen-bond acceptors (Lipinski definition) is 6. The van der Waals surface area contributed by atoms with E-state index in [-0.39, 0.29) is 11.6 Å². The summed E-state index contributed by atoms with van der Waals surface area (Å²) in [5.41, 5.74) is 2.17. The largest absolute Gasteiger partial charge is 0.493 e. The van der Waals surface area contributed by atoms with Crippen molar-refractivity contribution >= 4 is 22.6 Å². The summed E-state index contributed by atoms with van der Waals surface area (Å²) < 4.78 is 15.9. The smallest absolute Gasteiger partial charge is 0.323 e. The predicted molar refractivity (Wildman–Crippen MR) is 95.8 cm³/mol. The van der Waals surface area contributed by atoms with E-state index in [9.17, 15) is 4.79 Å². The lowest BCUT2D eigenvalue weighted by molar-refractivity contribution is 0.355. The van der Waals surface area contributed by atoms with Gasteiger partial charge < -0.3 is 24.0 Å². The van der Waals surface area contributed by atoms with Crippen molar-refractivity contribution in [3.63, 3.8) is 0 Å². The number of fused-ring (bicyclic) bond motifs is 1. The third-order valence-corrected chi connectivity index (χ3v) is 4.18. The second-order valence-electron chi connectivity index (χ2n) is 5.42. The fourth-order valence-corrected chi connectivity index (χ4v) is 3.02. The van der Waals surface area contributed by atoms with Crippen LogP contribution < -0.4 is 15.2 Å². The van der Waals surface area contributed by atoms with Gasteiger partial charge >= 0.3 is 5.69 Å². The van der Waals surface area contributed by atoms with Crippen LogP contribution in [-0.4, -0.2) is 34.3 Å². The molecule has 0 unspecified atom stereocenters. The van der Waals surface area contributed by atoms with Crippen LogP contribution in [0.15, 0.2) is 39.6 Å². The molecule has 0 atom stereocenters. The Morgan fingerprint density at radius 1 is 1.15 bits per heavy atom. The molecule has 0 saturated heterocycles. The predicted octanol–water partition coefficient (Wildman–Crippen LogP) is 3.24. The monoisotopic (exact) mass is 372 g/mol. The first-order valence-electron chi connectivity index (χ1n) is 7.57. The first-order chi connectivity index (χ1) is 12.6. The summed E-state index contributed by atoms with van der Waals surface area (Å²) in [5, 5.41) is 4.37. The molecular formula is C17H13ClN4O4. The topological polar surface area (TPSA) is 106 Å². The SMILES string of the molecule is COc1cc(-c2noc(-c3cccc4[nH]c(=O)[nH]c34)n2)cc(Cl)c1OC. The van der Waals surface area contributed by atoms with E-state index >= 15 is 0 Å². The fourth-order valence-electron chi connectivity index (χ4n) is 2.73. The summed E-state index contributed by atoms with van der Waals surface area (Å²) in [6, 6.07) is 8.72. The second-order valence-corrected chi connectivity index (χ2v) is 5.83. The molecule has 9 heteroatoms. The lowest BCUT2D eigenvalue weighted by Gasteiger charge is -2.10. The van der Waals surface area contributed by atoms with Crippen molar-refractivity contribution in [2.75, 3.05) is 14.2 Å². The number of aromatic nitrogens is 4. The number of hydrogen-bond donors (Lipinski definition) is 2. The molecule has 0 saturated carbocycles. The van der Waals surface area contributed by atoms with Crippen LogP contribution in [-0.2, 0) is 0 Å². The van der Waals surface area contributed by atoms with Gasteiger partial charge in [0.1, 0.15) is 0 Å². The maximum atomic E-state index is 11.5. The van der Waals surface area contributed by atoms with Gasteiger partial charge in [-0.1, -0.05) is 22.8 Å². The van der Waals surface area contributed by atoms with E-state index < -0.39 is 0 Å². The minimum atomic E-state index is -0.307.